The number of ether oxygens (including phenoxy) is 3. The second kappa shape index (κ2) is 16.9. The first-order valence-corrected chi connectivity index (χ1v) is 18.7. The molecule has 278 valence electrons. The first-order valence-electron chi connectivity index (χ1n) is 17.5. The van der Waals surface area contributed by atoms with Gasteiger partial charge in [0.05, 0.1) is 22.3 Å². The number of carboxylic acids is 1. The Morgan fingerprint density at radius 1 is 0.981 bits per heavy atom. The van der Waals surface area contributed by atoms with E-state index in [0.717, 1.165) is 54.3 Å². The van der Waals surface area contributed by atoms with Crippen molar-refractivity contribution < 1.29 is 28.5 Å². The topological polar surface area (TPSA) is 123 Å². The molecule has 1 fully saturated rings. The van der Waals surface area contributed by atoms with E-state index < -0.39 is 12.1 Å². The van der Waals surface area contributed by atoms with Crippen molar-refractivity contribution in [2.75, 3.05) is 46.4 Å². The number of thiophene rings is 1. The Hall–Kier alpha value is -5.21. The maximum atomic E-state index is 14.1. The van der Waals surface area contributed by atoms with Gasteiger partial charge in [-0.05, 0) is 60.5 Å². The average molecular weight is 769 g/mol. The molecule has 1 aliphatic rings. The molecule has 1 aliphatic heterocycles. The van der Waals surface area contributed by atoms with Gasteiger partial charge in [0.15, 0.2) is 0 Å². The summed E-state index contributed by atoms with van der Waals surface area (Å²) in [5, 5.41) is 11.4. The van der Waals surface area contributed by atoms with E-state index in [4.69, 9.17) is 25.8 Å². The Labute approximate surface area is 321 Å². The highest BCUT2D eigenvalue weighted by Crippen LogP contribution is 2.49. The fourth-order valence-corrected chi connectivity index (χ4v) is 7.71. The van der Waals surface area contributed by atoms with Crippen LogP contribution in [0.3, 0.4) is 0 Å². The van der Waals surface area contributed by atoms with E-state index >= 15 is 0 Å². The second-order valence-electron chi connectivity index (χ2n) is 13.0. The van der Waals surface area contributed by atoms with Crippen LogP contribution in [0.1, 0.15) is 16.8 Å². The predicted molar refractivity (Wildman–Crippen MR) is 206 cm³/mol. The maximum absolute atomic E-state index is 14.1. The summed E-state index contributed by atoms with van der Waals surface area (Å²) < 4.78 is 32.6. The molecule has 0 saturated carbocycles. The first kappa shape index (κ1) is 37.1. The van der Waals surface area contributed by atoms with Crippen molar-refractivity contribution in [1.29, 1.82) is 0 Å². The van der Waals surface area contributed by atoms with E-state index in [1.165, 1.54) is 29.8 Å². The van der Waals surface area contributed by atoms with Crippen molar-refractivity contribution in [1.82, 2.24) is 29.7 Å². The molecular weight excluding hydrogens is 731 g/mol. The number of nitrogens with zero attached hydrogens (tertiary/aromatic N) is 6. The fourth-order valence-electron chi connectivity index (χ4n) is 6.34. The Morgan fingerprint density at radius 3 is 2.54 bits per heavy atom. The standard InChI is InChI=1S/C40H38ClFN6O5S/c1-25-30(11-12-32(36(25)41)51-20-19-48-17-15-47(2)16-18-48)34-35-38(45-24-46-39(35)54-37(34)26-7-9-28(42)10-8-26)53-33(40(49)50)21-27-5-3-4-6-31(27)52-23-29-22-43-13-14-44-29/h3-14,22,24,33H,15-21,23H2,1-2H3,(H,49,50)/t33-/m1/s1. The lowest BCUT2D eigenvalue weighted by atomic mass is 9.96. The number of hydrogen-bond donors (Lipinski definition) is 1. The lowest BCUT2D eigenvalue weighted by molar-refractivity contribution is -0.145. The zero-order chi connectivity index (χ0) is 37.6. The molecule has 0 radical (unpaired) electrons. The predicted octanol–water partition coefficient (Wildman–Crippen LogP) is 7.20. The molecule has 3 aromatic heterocycles. The Bertz CT molecular complexity index is 2230. The minimum Gasteiger partial charge on any atom is -0.491 e. The van der Waals surface area contributed by atoms with E-state index in [0.29, 0.717) is 50.2 Å². The minimum atomic E-state index is -1.34. The number of piperazine rings is 1. The maximum Gasteiger partial charge on any atom is 0.345 e. The van der Waals surface area contributed by atoms with Crippen molar-refractivity contribution in [3.8, 4) is 38.9 Å². The second-order valence-corrected chi connectivity index (χ2v) is 14.3. The van der Waals surface area contributed by atoms with Crippen LogP contribution in [-0.4, -0.2) is 93.3 Å². The van der Waals surface area contributed by atoms with Gasteiger partial charge in [0, 0.05) is 62.0 Å². The SMILES string of the molecule is Cc1c(-c2c(-c3ccc(F)cc3)sc3ncnc(O[C@H](Cc4ccccc4OCc4cnccn4)C(=O)O)c23)ccc(OCCN2CCN(C)CC2)c1Cl. The van der Waals surface area contributed by atoms with E-state index in [2.05, 4.69) is 36.8 Å². The van der Waals surface area contributed by atoms with Gasteiger partial charge in [-0.2, -0.15) is 0 Å². The highest BCUT2D eigenvalue weighted by atomic mass is 35.5. The number of aliphatic carboxylic acids is 1. The largest absolute Gasteiger partial charge is 0.491 e. The average Bonchev–Trinajstić information content (AvgIpc) is 3.57. The lowest BCUT2D eigenvalue weighted by Gasteiger charge is -2.32. The van der Waals surface area contributed by atoms with Crippen LogP contribution in [0.4, 0.5) is 4.39 Å². The quantitative estimate of drug-likeness (QED) is 0.121. The summed E-state index contributed by atoms with van der Waals surface area (Å²) >= 11 is 8.38. The highest BCUT2D eigenvalue weighted by Gasteiger charge is 2.28. The summed E-state index contributed by atoms with van der Waals surface area (Å²) in [5.41, 5.74) is 4.19. The monoisotopic (exact) mass is 768 g/mol. The van der Waals surface area contributed by atoms with Crippen LogP contribution in [0.2, 0.25) is 5.02 Å². The number of rotatable bonds is 14. The van der Waals surface area contributed by atoms with Crippen molar-refractivity contribution in [2.45, 2.75) is 26.1 Å². The molecule has 1 atom stereocenters. The van der Waals surface area contributed by atoms with E-state index in [-0.39, 0.29) is 24.7 Å². The fraction of sp³-hybridized carbons (Fsp3) is 0.275. The van der Waals surface area contributed by atoms with E-state index in [9.17, 15) is 14.3 Å². The number of likely N-dealkylation sites (N-methyl/N-ethyl adjacent to an activating group) is 1. The van der Waals surface area contributed by atoms with Crippen LogP contribution in [0.15, 0.2) is 85.6 Å². The summed E-state index contributed by atoms with van der Waals surface area (Å²) in [7, 11) is 2.13. The molecule has 1 N–H and O–H groups in total. The molecular formula is C40H38ClFN6O5S. The van der Waals surface area contributed by atoms with Gasteiger partial charge >= 0.3 is 5.97 Å². The third kappa shape index (κ3) is 8.44. The molecule has 7 rings (SSSR count). The summed E-state index contributed by atoms with van der Waals surface area (Å²) in [5.74, 6) is -0.398. The Kier molecular flexibility index (Phi) is 11.6. The van der Waals surface area contributed by atoms with Crippen LogP contribution >= 0.6 is 22.9 Å². The number of para-hydroxylation sites is 1. The number of carboxylic acid groups (broad SMARTS) is 1. The van der Waals surface area contributed by atoms with Crippen LogP contribution < -0.4 is 14.2 Å². The summed E-state index contributed by atoms with van der Waals surface area (Å²) in [6.07, 6.45) is 4.75. The van der Waals surface area contributed by atoms with Gasteiger partial charge in [-0.3, -0.25) is 14.9 Å². The van der Waals surface area contributed by atoms with E-state index in [1.54, 1.807) is 42.9 Å². The van der Waals surface area contributed by atoms with Crippen LogP contribution in [0.25, 0.3) is 31.8 Å². The van der Waals surface area contributed by atoms with Crippen molar-refractivity contribution in [3.63, 3.8) is 0 Å². The third-order valence-corrected chi connectivity index (χ3v) is 11.0. The molecule has 0 aliphatic carbocycles. The van der Waals surface area contributed by atoms with Crippen molar-refractivity contribution >= 4 is 39.1 Å². The molecule has 0 unspecified atom stereocenters. The molecule has 0 spiro atoms. The highest BCUT2D eigenvalue weighted by molar-refractivity contribution is 7.22. The normalized spacial score (nSPS) is 14.2. The van der Waals surface area contributed by atoms with Crippen molar-refractivity contribution in [3.05, 3.63) is 113 Å². The van der Waals surface area contributed by atoms with Crippen LogP contribution in [-0.2, 0) is 17.8 Å². The summed E-state index contributed by atoms with van der Waals surface area (Å²) in [6, 6.07) is 17.1. The van der Waals surface area contributed by atoms with Gasteiger partial charge < -0.3 is 24.2 Å². The minimum absolute atomic E-state index is 0.0210. The van der Waals surface area contributed by atoms with Gasteiger partial charge in [-0.25, -0.2) is 19.2 Å². The number of fused-ring (bicyclic) bond motifs is 1. The number of hydrogen-bond acceptors (Lipinski definition) is 11. The molecule has 11 nitrogen and oxygen atoms in total. The molecule has 0 amide bonds. The Balaban J connectivity index is 1.22. The number of benzene rings is 3. The first-order chi connectivity index (χ1) is 26.2. The molecule has 0 bridgehead atoms. The third-order valence-electron chi connectivity index (χ3n) is 9.34. The molecule has 6 aromatic rings. The Morgan fingerprint density at radius 2 is 1.78 bits per heavy atom. The van der Waals surface area contributed by atoms with Crippen LogP contribution in [0.5, 0.6) is 17.4 Å². The lowest BCUT2D eigenvalue weighted by Crippen LogP contribution is -2.45. The molecule has 1 saturated heterocycles. The zero-order valence-electron chi connectivity index (χ0n) is 29.7. The van der Waals surface area contributed by atoms with Gasteiger partial charge in [0.2, 0.25) is 12.0 Å². The smallest absolute Gasteiger partial charge is 0.345 e. The van der Waals surface area contributed by atoms with Gasteiger partial charge in [0.25, 0.3) is 0 Å². The van der Waals surface area contributed by atoms with Gasteiger partial charge in [-0.15, -0.1) is 11.3 Å². The summed E-state index contributed by atoms with van der Waals surface area (Å²) in [4.78, 5) is 36.2. The van der Waals surface area contributed by atoms with Gasteiger partial charge in [0.1, 0.15) is 41.7 Å². The molecule has 4 heterocycles. The number of halogens is 2. The molecule has 3 aromatic carbocycles. The zero-order valence-corrected chi connectivity index (χ0v) is 31.3. The van der Waals surface area contributed by atoms with Crippen LogP contribution in [0, 0.1) is 12.7 Å². The number of carbonyl (C=O) groups is 1. The molecule has 14 heteroatoms. The summed E-state index contributed by atoms with van der Waals surface area (Å²) in [6.45, 7) is 7.36. The van der Waals surface area contributed by atoms with E-state index in [1.807, 2.05) is 31.2 Å². The molecule has 54 heavy (non-hydrogen) atoms. The van der Waals surface area contributed by atoms with Crippen molar-refractivity contribution in [2.24, 2.45) is 0 Å². The number of aromatic nitrogens is 4. The van der Waals surface area contributed by atoms with Gasteiger partial charge in [-0.1, -0.05) is 48.0 Å².